The normalized spacial score (nSPS) is 10.9. The van der Waals surface area contributed by atoms with Gasteiger partial charge in [0.2, 0.25) is 0 Å². The molecule has 10 heteroatoms. The zero-order chi connectivity index (χ0) is 16.2. The summed E-state index contributed by atoms with van der Waals surface area (Å²) in [5.41, 5.74) is 3.37. The van der Waals surface area contributed by atoms with Crippen molar-refractivity contribution in [1.82, 2.24) is 5.32 Å². The van der Waals surface area contributed by atoms with Crippen LogP contribution in [0.5, 0.6) is 0 Å². The van der Waals surface area contributed by atoms with Crippen LogP contribution in [0.25, 0.3) is 0 Å². The maximum Gasteiger partial charge on any atom is 0.418 e. The number of nitrogens with two attached hydrogens (primary N) is 1. The van der Waals surface area contributed by atoms with Gasteiger partial charge in [0.05, 0.1) is 22.8 Å². The number of halogens is 4. The van der Waals surface area contributed by atoms with E-state index in [0.29, 0.717) is 6.07 Å². The Balaban J connectivity index is 2.90. The number of hydrogen-bond donors (Lipinski definition) is 3. The van der Waals surface area contributed by atoms with E-state index in [-0.39, 0.29) is 16.6 Å². The molecule has 0 saturated heterocycles. The quantitative estimate of drug-likeness (QED) is 0.578. The first-order valence-corrected chi connectivity index (χ1v) is 6.14. The zero-order valence-corrected chi connectivity index (χ0v) is 11.8. The van der Waals surface area contributed by atoms with Gasteiger partial charge in [-0.05, 0) is 18.2 Å². The van der Waals surface area contributed by atoms with E-state index < -0.39 is 29.2 Å². The number of anilines is 1. The number of benzene rings is 1. The third-order valence-electron chi connectivity index (χ3n) is 2.16. The van der Waals surface area contributed by atoms with Crippen molar-refractivity contribution in [3.8, 4) is 0 Å². The standard InChI is InChI=1S/C11H9ClF3N3O2S/c12-5-1-2-7(6(3-5)11(13,14)15)18-10(20)9(19)17-4-8(16)21/h1-3H,4H2,(H2,16,21)(H,17,19)(H,18,20). The molecular formula is C11H9ClF3N3O2S. The maximum atomic E-state index is 12.8. The van der Waals surface area contributed by atoms with Crippen LogP contribution in [0.3, 0.4) is 0 Å². The first kappa shape index (κ1) is 17.2. The van der Waals surface area contributed by atoms with Crippen molar-refractivity contribution in [2.75, 3.05) is 11.9 Å². The summed E-state index contributed by atoms with van der Waals surface area (Å²) in [6, 6.07) is 2.74. The molecule has 4 N–H and O–H groups in total. The van der Waals surface area contributed by atoms with E-state index in [9.17, 15) is 22.8 Å². The molecule has 0 radical (unpaired) electrons. The van der Waals surface area contributed by atoms with E-state index in [0.717, 1.165) is 12.1 Å². The predicted molar refractivity (Wildman–Crippen MR) is 74.9 cm³/mol. The minimum Gasteiger partial charge on any atom is -0.392 e. The number of alkyl halides is 3. The second kappa shape index (κ2) is 6.72. The van der Waals surface area contributed by atoms with Crippen LogP contribution in [0, 0.1) is 0 Å². The van der Waals surface area contributed by atoms with E-state index in [1.807, 2.05) is 10.6 Å². The Morgan fingerprint density at radius 1 is 1.29 bits per heavy atom. The molecule has 0 aliphatic rings. The Morgan fingerprint density at radius 3 is 2.43 bits per heavy atom. The van der Waals surface area contributed by atoms with Crippen molar-refractivity contribution in [2.24, 2.45) is 5.73 Å². The highest BCUT2D eigenvalue weighted by Gasteiger charge is 2.34. The number of amides is 2. The highest BCUT2D eigenvalue weighted by Crippen LogP contribution is 2.36. The molecule has 1 aromatic carbocycles. The first-order valence-electron chi connectivity index (χ1n) is 5.35. The molecule has 0 atom stereocenters. The fourth-order valence-corrected chi connectivity index (χ4v) is 1.53. The van der Waals surface area contributed by atoms with Gasteiger partial charge < -0.3 is 16.4 Å². The second-order valence-electron chi connectivity index (χ2n) is 3.79. The van der Waals surface area contributed by atoms with Crippen molar-refractivity contribution in [1.29, 1.82) is 0 Å². The molecule has 5 nitrogen and oxygen atoms in total. The van der Waals surface area contributed by atoms with Gasteiger partial charge in [-0.15, -0.1) is 0 Å². The molecular weight excluding hydrogens is 331 g/mol. The number of carbonyl (C=O) groups is 2. The third kappa shape index (κ3) is 5.20. The molecule has 1 rings (SSSR count). The minimum absolute atomic E-state index is 0.0707. The number of rotatable bonds is 3. The van der Waals surface area contributed by atoms with E-state index >= 15 is 0 Å². The van der Waals surface area contributed by atoms with Crippen LogP contribution in [-0.4, -0.2) is 23.3 Å². The lowest BCUT2D eigenvalue weighted by Crippen LogP contribution is -2.39. The molecule has 0 spiro atoms. The number of nitrogens with one attached hydrogen (secondary N) is 2. The second-order valence-corrected chi connectivity index (χ2v) is 4.75. The van der Waals surface area contributed by atoms with Crippen molar-refractivity contribution >= 4 is 46.3 Å². The van der Waals surface area contributed by atoms with Crippen molar-refractivity contribution in [2.45, 2.75) is 6.18 Å². The Hall–Kier alpha value is -1.87. The first-order chi connectivity index (χ1) is 9.61. The Bertz CT molecular complexity index is 593. The van der Waals surface area contributed by atoms with Crippen LogP contribution in [0.2, 0.25) is 5.02 Å². The molecule has 0 aliphatic carbocycles. The van der Waals surface area contributed by atoms with Crippen LogP contribution in [0.1, 0.15) is 5.56 Å². The lowest BCUT2D eigenvalue weighted by molar-refractivity contribution is -0.138. The third-order valence-corrected chi connectivity index (χ3v) is 2.54. The summed E-state index contributed by atoms with van der Waals surface area (Å²) in [6.45, 7) is -0.242. The van der Waals surface area contributed by atoms with E-state index in [1.54, 1.807) is 0 Å². The lowest BCUT2D eigenvalue weighted by Gasteiger charge is -2.14. The molecule has 0 bridgehead atoms. The van der Waals surface area contributed by atoms with Crippen molar-refractivity contribution in [3.63, 3.8) is 0 Å². The number of thiocarbonyl (C=S) groups is 1. The van der Waals surface area contributed by atoms with Gasteiger partial charge in [0.1, 0.15) is 0 Å². The molecule has 2 amide bonds. The van der Waals surface area contributed by atoms with Gasteiger partial charge in [-0.1, -0.05) is 23.8 Å². The molecule has 0 aliphatic heterocycles. The summed E-state index contributed by atoms with van der Waals surface area (Å²) in [4.78, 5) is 22.7. The van der Waals surface area contributed by atoms with Gasteiger partial charge in [0.15, 0.2) is 0 Å². The van der Waals surface area contributed by atoms with E-state index in [2.05, 4.69) is 12.2 Å². The average Bonchev–Trinajstić information content (AvgIpc) is 2.36. The topological polar surface area (TPSA) is 84.2 Å². The molecule has 1 aromatic rings. The molecule has 0 fully saturated rings. The lowest BCUT2D eigenvalue weighted by atomic mass is 10.1. The fraction of sp³-hybridized carbons (Fsp3) is 0.182. The van der Waals surface area contributed by atoms with Crippen LogP contribution in [0.15, 0.2) is 18.2 Å². The Kier molecular flexibility index (Phi) is 5.50. The summed E-state index contributed by atoms with van der Waals surface area (Å²) >= 11 is 9.97. The highest BCUT2D eigenvalue weighted by atomic mass is 35.5. The van der Waals surface area contributed by atoms with Crippen LogP contribution in [0.4, 0.5) is 18.9 Å². The Morgan fingerprint density at radius 2 is 1.90 bits per heavy atom. The van der Waals surface area contributed by atoms with Crippen molar-refractivity contribution in [3.05, 3.63) is 28.8 Å². The molecule has 21 heavy (non-hydrogen) atoms. The fourth-order valence-electron chi connectivity index (χ4n) is 1.29. The SMILES string of the molecule is NC(=S)CNC(=O)C(=O)Nc1ccc(Cl)cc1C(F)(F)F. The zero-order valence-electron chi connectivity index (χ0n) is 10.3. The van der Waals surface area contributed by atoms with Gasteiger partial charge in [-0.3, -0.25) is 9.59 Å². The summed E-state index contributed by atoms with van der Waals surface area (Å²) in [6.07, 6.45) is -4.73. The summed E-state index contributed by atoms with van der Waals surface area (Å²) < 4.78 is 38.4. The molecule has 0 unspecified atom stereocenters. The highest BCUT2D eigenvalue weighted by molar-refractivity contribution is 7.80. The number of hydrogen-bond acceptors (Lipinski definition) is 3. The van der Waals surface area contributed by atoms with Gasteiger partial charge in [0.25, 0.3) is 0 Å². The molecule has 0 saturated carbocycles. The minimum atomic E-state index is -4.73. The smallest absolute Gasteiger partial charge is 0.392 e. The molecule has 0 heterocycles. The predicted octanol–water partition coefficient (Wildman–Crippen LogP) is 1.70. The van der Waals surface area contributed by atoms with Gasteiger partial charge in [-0.2, -0.15) is 13.2 Å². The van der Waals surface area contributed by atoms with Gasteiger partial charge >= 0.3 is 18.0 Å². The monoisotopic (exact) mass is 339 g/mol. The number of carbonyl (C=O) groups excluding carboxylic acids is 2. The maximum absolute atomic E-state index is 12.8. The van der Waals surface area contributed by atoms with Gasteiger partial charge in [-0.25, -0.2) is 0 Å². The van der Waals surface area contributed by atoms with E-state index in [4.69, 9.17) is 17.3 Å². The summed E-state index contributed by atoms with van der Waals surface area (Å²) in [5, 5.41) is 3.75. The molecule has 0 aromatic heterocycles. The Labute approximate surface area is 127 Å². The molecule has 114 valence electrons. The summed E-state index contributed by atoms with van der Waals surface area (Å²) in [7, 11) is 0. The van der Waals surface area contributed by atoms with Crippen LogP contribution in [-0.2, 0) is 15.8 Å². The van der Waals surface area contributed by atoms with Crippen molar-refractivity contribution < 1.29 is 22.8 Å². The van der Waals surface area contributed by atoms with Crippen LogP contribution >= 0.6 is 23.8 Å². The van der Waals surface area contributed by atoms with E-state index in [1.165, 1.54) is 0 Å². The summed E-state index contributed by atoms with van der Waals surface area (Å²) in [5.74, 6) is -2.44. The largest absolute Gasteiger partial charge is 0.418 e. The average molecular weight is 340 g/mol. The van der Waals surface area contributed by atoms with Gasteiger partial charge in [0, 0.05) is 5.02 Å². The van der Waals surface area contributed by atoms with Crippen LogP contribution < -0.4 is 16.4 Å².